The van der Waals surface area contributed by atoms with E-state index in [2.05, 4.69) is 15.5 Å². The molecule has 2 heterocycles. The summed E-state index contributed by atoms with van der Waals surface area (Å²) in [7, 11) is 0. The highest BCUT2D eigenvalue weighted by molar-refractivity contribution is 5.75. The molecule has 3 rings (SSSR count). The van der Waals surface area contributed by atoms with Crippen LogP contribution < -0.4 is 5.32 Å². The van der Waals surface area contributed by atoms with Gasteiger partial charge in [-0.2, -0.15) is 5.26 Å². The molecule has 1 aliphatic rings. The number of hydrogen-bond donors (Lipinski definition) is 1. The number of halogens is 1. The minimum atomic E-state index is -0.444. The van der Waals surface area contributed by atoms with Gasteiger partial charge in [0.1, 0.15) is 5.82 Å². The van der Waals surface area contributed by atoms with Gasteiger partial charge in [0.2, 0.25) is 5.89 Å². The lowest BCUT2D eigenvalue weighted by Crippen LogP contribution is -2.62. The van der Waals surface area contributed by atoms with Crippen molar-refractivity contribution in [2.45, 2.75) is 25.2 Å². The van der Waals surface area contributed by atoms with E-state index in [0.717, 1.165) is 0 Å². The van der Waals surface area contributed by atoms with Gasteiger partial charge >= 0.3 is 6.03 Å². The Hall–Kier alpha value is -2.95. The molecule has 0 bridgehead atoms. The number of likely N-dealkylation sites (tertiary alicyclic amines) is 1. The van der Waals surface area contributed by atoms with Crippen molar-refractivity contribution < 1.29 is 13.6 Å². The standard InChI is InChI=1S/C17H18FN5O2/c1-17(10-23(11-17)16(24)20-9-5-4-8-19)15-22-21-14(25-15)12-6-2-3-7-13(12)18/h2-3,6-7H,4-5,9-11H2,1H3,(H,20,24). The molecule has 0 atom stereocenters. The van der Waals surface area contributed by atoms with Gasteiger partial charge in [-0.3, -0.25) is 0 Å². The van der Waals surface area contributed by atoms with Gasteiger partial charge in [-0.25, -0.2) is 9.18 Å². The molecule has 1 N–H and O–H groups in total. The molecule has 130 valence electrons. The molecule has 7 nitrogen and oxygen atoms in total. The van der Waals surface area contributed by atoms with Gasteiger partial charge in [-0.15, -0.1) is 10.2 Å². The Labute approximate surface area is 144 Å². The van der Waals surface area contributed by atoms with Gasteiger partial charge in [0, 0.05) is 26.1 Å². The third kappa shape index (κ3) is 3.45. The SMILES string of the molecule is CC1(c2nnc(-c3ccccc3F)o2)CN(C(=O)NCCCC#N)C1. The number of unbranched alkanes of at least 4 members (excludes halogenated alkanes) is 1. The summed E-state index contributed by atoms with van der Waals surface area (Å²) in [5.74, 6) is 0.0999. The van der Waals surface area contributed by atoms with E-state index >= 15 is 0 Å². The largest absolute Gasteiger partial charge is 0.420 e. The molecule has 2 aromatic rings. The van der Waals surface area contributed by atoms with Crippen molar-refractivity contribution in [1.29, 1.82) is 5.26 Å². The minimum absolute atomic E-state index is 0.133. The van der Waals surface area contributed by atoms with Crippen molar-refractivity contribution in [3.8, 4) is 17.5 Å². The summed E-state index contributed by atoms with van der Waals surface area (Å²) in [6, 6.07) is 8.07. The van der Waals surface area contributed by atoms with Crippen LogP contribution in [-0.4, -0.2) is 40.8 Å². The van der Waals surface area contributed by atoms with Crippen molar-refractivity contribution in [1.82, 2.24) is 20.4 Å². The molecule has 0 saturated carbocycles. The number of aromatic nitrogens is 2. The molecule has 0 unspecified atom stereocenters. The fourth-order valence-electron chi connectivity index (χ4n) is 2.76. The van der Waals surface area contributed by atoms with Crippen molar-refractivity contribution in [3.05, 3.63) is 36.0 Å². The van der Waals surface area contributed by atoms with E-state index in [1.54, 1.807) is 23.1 Å². The molecular weight excluding hydrogens is 325 g/mol. The Balaban J connectivity index is 1.60. The molecule has 1 fully saturated rings. The number of rotatable bonds is 5. The lowest BCUT2D eigenvalue weighted by atomic mass is 9.82. The van der Waals surface area contributed by atoms with Crippen molar-refractivity contribution >= 4 is 6.03 Å². The molecule has 1 saturated heterocycles. The zero-order valence-corrected chi connectivity index (χ0v) is 13.8. The number of carbonyl (C=O) groups is 1. The van der Waals surface area contributed by atoms with Gasteiger partial charge in [0.25, 0.3) is 5.89 Å². The minimum Gasteiger partial charge on any atom is -0.420 e. The zero-order chi connectivity index (χ0) is 17.9. The molecular formula is C17H18FN5O2. The van der Waals surface area contributed by atoms with E-state index in [9.17, 15) is 9.18 Å². The summed E-state index contributed by atoms with van der Waals surface area (Å²) in [4.78, 5) is 13.6. The summed E-state index contributed by atoms with van der Waals surface area (Å²) < 4.78 is 19.5. The highest BCUT2D eigenvalue weighted by Crippen LogP contribution is 2.34. The third-order valence-electron chi connectivity index (χ3n) is 4.15. The average molecular weight is 343 g/mol. The van der Waals surface area contributed by atoms with E-state index in [0.29, 0.717) is 38.4 Å². The topological polar surface area (TPSA) is 95.1 Å². The molecule has 1 aromatic heterocycles. The van der Waals surface area contributed by atoms with E-state index in [1.807, 2.05) is 13.0 Å². The van der Waals surface area contributed by atoms with Crippen LogP contribution in [0.4, 0.5) is 9.18 Å². The average Bonchev–Trinajstić information content (AvgIpc) is 3.06. The number of hydrogen-bond acceptors (Lipinski definition) is 5. The van der Waals surface area contributed by atoms with Crippen LogP contribution in [0.25, 0.3) is 11.5 Å². The Morgan fingerprint density at radius 1 is 1.44 bits per heavy atom. The van der Waals surface area contributed by atoms with Crippen LogP contribution in [0.3, 0.4) is 0 Å². The molecule has 1 aromatic carbocycles. The van der Waals surface area contributed by atoms with Crippen LogP contribution in [0.5, 0.6) is 0 Å². The number of nitrogens with zero attached hydrogens (tertiary/aromatic N) is 4. The van der Waals surface area contributed by atoms with Crippen LogP contribution in [0.1, 0.15) is 25.7 Å². The highest BCUT2D eigenvalue weighted by atomic mass is 19.1. The van der Waals surface area contributed by atoms with E-state index in [4.69, 9.17) is 9.68 Å². The highest BCUT2D eigenvalue weighted by Gasteiger charge is 2.46. The zero-order valence-electron chi connectivity index (χ0n) is 13.8. The first-order valence-corrected chi connectivity index (χ1v) is 8.02. The lowest BCUT2D eigenvalue weighted by Gasteiger charge is -2.45. The maximum absolute atomic E-state index is 13.8. The molecule has 2 amide bonds. The Kier molecular flexibility index (Phi) is 4.65. The molecule has 8 heteroatoms. The van der Waals surface area contributed by atoms with Crippen molar-refractivity contribution in [2.75, 3.05) is 19.6 Å². The predicted octanol–water partition coefficient (Wildman–Crippen LogP) is 2.46. The lowest BCUT2D eigenvalue weighted by molar-refractivity contribution is 0.0851. The second kappa shape index (κ2) is 6.89. The van der Waals surface area contributed by atoms with Crippen LogP contribution in [0.15, 0.2) is 28.7 Å². The number of amides is 2. The Bertz CT molecular complexity index is 807. The molecule has 0 spiro atoms. The van der Waals surface area contributed by atoms with Gasteiger partial charge in [0.15, 0.2) is 0 Å². The first-order valence-electron chi connectivity index (χ1n) is 8.02. The summed E-state index contributed by atoms with van der Waals surface area (Å²) in [5.41, 5.74) is -0.184. The number of carbonyl (C=O) groups excluding carboxylic acids is 1. The predicted molar refractivity (Wildman–Crippen MR) is 86.9 cm³/mol. The first kappa shape index (κ1) is 16.9. The maximum Gasteiger partial charge on any atom is 0.317 e. The summed E-state index contributed by atoms with van der Waals surface area (Å²) in [5, 5.41) is 19.2. The second-order valence-corrected chi connectivity index (χ2v) is 6.30. The number of urea groups is 1. The van der Waals surface area contributed by atoms with E-state index in [1.165, 1.54) is 6.07 Å². The normalized spacial score (nSPS) is 15.3. The summed E-state index contributed by atoms with van der Waals surface area (Å²) >= 11 is 0. The number of nitrogens with one attached hydrogen (secondary N) is 1. The molecule has 25 heavy (non-hydrogen) atoms. The summed E-state index contributed by atoms with van der Waals surface area (Å²) in [6.45, 7) is 3.27. The number of benzene rings is 1. The van der Waals surface area contributed by atoms with Gasteiger partial charge in [0.05, 0.1) is 17.0 Å². The van der Waals surface area contributed by atoms with Crippen molar-refractivity contribution in [2.24, 2.45) is 0 Å². The van der Waals surface area contributed by atoms with Gasteiger partial charge in [-0.1, -0.05) is 12.1 Å². The Morgan fingerprint density at radius 3 is 2.92 bits per heavy atom. The molecule has 0 radical (unpaired) electrons. The van der Waals surface area contributed by atoms with Gasteiger partial charge < -0.3 is 14.6 Å². The number of nitriles is 1. The van der Waals surface area contributed by atoms with Crippen LogP contribution in [-0.2, 0) is 5.41 Å². The van der Waals surface area contributed by atoms with Crippen molar-refractivity contribution in [3.63, 3.8) is 0 Å². The van der Waals surface area contributed by atoms with E-state index in [-0.39, 0.29) is 17.5 Å². The van der Waals surface area contributed by atoms with Gasteiger partial charge in [-0.05, 0) is 25.5 Å². The Morgan fingerprint density at radius 2 is 2.20 bits per heavy atom. The molecule has 1 aliphatic heterocycles. The fraction of sp³-hybridized carbons (Fsp3) is 0.412. The smallest absolute Gasteiger partial charge is 0.317 e. The fourth-order valence-corrected chi connectivity index (χ4v) is 2.76. The quantitative estimate of drug-likeness (QED) is 0.842. The maximum atomic E-state index is 13.8. The first-order chi connectivity index (χ1) is 12.0. The summed E-state index contributed by atoms with van der Waals surface area (Å²) in [6.07, 6.45) is 1.04. The monoisotopic (exact) mass is 343 g/mol. The van der Waals surface area contributed by atoms with E-state index < -0.39 is 11.2 Å². The van der Waals surface area contributed by atoms with Crippen LogP contribution in [0, 0.1) is 17.1 Å². The third-order valence-corrected chi connectivity index (χ3v) is 4.15. The van der Waals surface area contributed by atoms with Crippen LogP contribution >= 0.6 is 0 Å². The molecule has 0 aliphatic carbocycles. The second-order valence-electron chi connectivity index (χ2n) is 6.30. The van der Waals surface area contributed by atoms with Crippen LogP contribution in [0.2, 0.25) is 0 Å².